The number of fused-ring (bicyclic) bond motifs is 5. The van der Waals surface area contributed by atoms with Gasteiger partial charge in [-0.25, -0.2) is 9.38 Å². The second-order valence-electron chi connectivity index (χ2n) is 12.5. The molecule has 0 bridgehead atoms. The molecule has 2 aliphatic rings. The molecular weight excluding hydrogens is 487 g/mol. The van der Waals surface area contributed by atoms with Crippen LogP contribution in [0.5, 0.6) is 0 Å². The van der Waals surface area contributed by atoms with Crippen LogP contribution >= 0.6 is 0 Å². The average molecular weight is 530 g/mol. The minimum atomic E-state index is -0.0595. The summed E-state index contributed by atoms with van der Waals surface area (Å²) in [6.45, 7) is 18.5. The Kier molecular flexibility index (Phi) is 6.44. The fourth-order valence-electron chi connectivity index (χ4n) is 6.89. The molecule has 0 aliphatic carbocycles. The Morgan fingerprint density at radius 3 is 1.62 bits per heavy atom. The molecule has 0 saturated carbocycles. The molecule has 0 unspecified atom stereocenters. The van der Waals surface area contributed by atoms with Gasteiger partial charge in [0.25, 0.3) is 5.82 Å². The molecule has 3 heterocycles. The van der Waals surface area contributed by atoms with E-state index in [9.17, 15) is 0 Å². The Bertz CT molecular complexity index is 1580. The third kappa shape index (κ3) is 3.77. The summed E-state index contributed by atoms with van der Waals surface area (Å²) >= 11 is 0. The number of rotatable bonds is 5. The molecule has 6 rings (SSSR count). The van der Waals surface area contributed by atoms with E-state index in [1.165, 1.54) is 62.1 Å². The van der Waals surface area contributed by atoms with Gasteiger partial charge in [0.1, 0.15) is 11.4 Å². The summed E-state index contributed by atoms with van der Waals surface area (Å²) in [6.07, 6.45) is 2.18. The van der Waals surface area contributed by atoms with E-state index < -0.39 is 0 Å². The van der Waals surface area contributed by atoms with Crippen LogP contribution in [0.25, 0.3) is 0 Å². The molecule has 0 fully saturated rings. The van der Waals surface area contributed by atoms with Gasteiger partial charge in [-0.15, -0.1) is 0 Å². The predicted octanol–water partition coefficient (Wildman–Crippen LogP) is 8.92. The number of hydrogen-bond donors (Lipinski definition) is 0. The average Bonchev–Trinajstić information content (AvgIpc) is 3.41. The summed E-state index contributed by atoms with van der Waals surface area (Å²) in [7, 11) is 2.12. The fourth-order valence-corrected chi connectivity index (χ4v) is 6.89. The Labute approximate surface area is 241 Å². The first kappa shape index (κ1) is 26.5. The lowest BCUT2D eigenvalue weighted by Gasteiger charge is -2.34. The Hall–Kier alpha value is -3.73. The summed E-state index contributed by atoms with van der Waals surface area (Å²) in [5.41, 5.74) is 13.3. The van der Waals surface area contributed by atoms with Crippen molar-refractivity contribution in [1.29, 1.82) is 0 Å². The van der Waals surface area contributed by atoms with Gasteiger partial charge in [-0.2, -0.15) is 0 Å². The molecule has 5 heteroatoms. The summed E-state index contributed by atoms with van der Waals surface area (Å²) in [6, 6.07) is 25.0. The highest BCUT2D eigenvalue weighted by Crippen LogP contribution is 2.58. The van der Waals surface area contributed by atoms with E-state index in [-0.39, 0.29) is 7.12 Å². The van der Waals surface area contributed by atoms with Crippen LogP contribution in [0.1, 0.15) is 87.1 Å². The lowest BCUT2D eigenvalue weighted by Crippen LogP contribution is -2.53. The lowest BCUT2D eigenvalue weighted by molar-refractivity contribution is -0.657. The van der Waals surface area contributed by atoms with Crippen molar-refractivity contribution in [3.05, 3.63) is 101 Å². The Balaban J connectivity index is 1.75. The first-order valence-corrected chi connectivity index (χ1v) is 14.8. The van der Waals surface area contributed by atoms with Gasteiger partial charge in [-0.1, -0.05) is 90.1 Å². The van der Waals surface area contributed by atoms with Crippen LogP contribution in [-0.4, -0.2) is 7.12 Å². The van der Waals surface area contributed by atoms with Gasteiger partial charge in [0.2, 0.25) is 0 Å². The molecule has 2 aliphatic heterocycles. The van der Waals surface area contributed by atoms with Crippen molar-refractivity contribution in [2.24, 2.45) is 7.05 Å². The Morgan fingerprint density at radius 2 is 1.02 bits per heavy atom. The minimum absolute atomic E-state index is 0.0595. The molecule has 40 heavy (non-hydrogen) atoms. The van der Waals surface area contributed by atoms with Crippen LogP contribution in [0.3, 0.4) is 0 Å². The van der Waals surface area contributed by atoms with E-state index in [1.54, 1.807) is 0 Å². The topological polar surface area (TPSA) is 13.6 Å². The van der Waals surface area contributed by atoms with E-state index >= 15 is 0 Å². The van der Waals surface area contributed by atoms with Crippen molar-refractivity contribution in [1.82, 2.24) is 0 Å². The lowest BCUT2D eigenvalue weighted by atomic mass is 9.81. The van der Waals surface area contributed by atoms with Gasteiger partial charge >= 0.3 is 7.12 Å². The standard InChI is InChI=1S/C35H42BN4/c1-22(2)27-16-10-14-25(7)32(27)39-31-20-13-21-37(9)35(31)40-33-26(8)15-11-19-30(33)38(36(39)40)34-28(23(3)4)17-12-18-29(34)24(5)6/h10-24H,1-9H3/q+1. The molecule has 204 valence electrons. The van der Waals surface area contributed by atoms with Gasteiger partial charge in [0.05, 0.1) is 18.9 Å². The molecule has 0 amide bonds. The summed E-state index contributed by atoms with van der Waals surface area (Å²) in [4.78, 5) is 7.88. The van der Waals surface area contributed by atoms with Crippen molar-refractivity contribution >= 4 is 41.4 Å². The number of pyridine rings is 1. The second kappa shape index (κ2) is 9.73. The van der Waals surface area contributed by atoms with Gasteiger partial charge in [-0.3, -0.25) is 0 Å². The van der Waals surface area contributed by atoms with Crippen molar-refractivity contribution in [3.63, 3.8) is 0 Å². The highest BCUT2D eigenvalue weighted by Gasteiger charge is 2.63. The predicted molar refractivity (Wildman–Crippen MR) is 171 cm³/mol. The maximum Gasteiger partial charge on any atom is 0.644 e. The maximum atomic E-state index is 2.66. The highest BCUT2D eigenvalue weighted by atomic mass is 15.5. The van der Waals surface area contributed by atoms with Crippen molar-refractivity contribution in [2.45, 2.75) is 73.1 Å². The number of nitrogens with zero attached hydrogens (tertiary/aromatic N) is 4. The van der Waals surface area contributed by atoms with E-state index in [0.717, 1.165) is 0 Å². The number of aromatic nitrogens is 1. The number of para-hydroxylation sites is 3. The quantitative estimate of drug-likeness (QED) is 0.189. The van der Waals surface area contributed by atoms with Gasteiger partial charge in [0.15, 0.2) is 0 Å². The molecule has 0 spiro atoms. The van der Waals surface area contributed by atoms with Crippen LogP contribution in [0.2, 0.25) is 0 Å². The largest absolute Gasteiger partial charge is 0.644 e. The van der Waals surface area contributed by atoms with E-state index in [1.807, 2.05) is 0 Å². The number of aryl methyl sites for hydroxylation is 3. The van der Waals surface area contributed by atoms with E-state index in [2.05, 4.69) is 154 Å². The third-order valence-electron chi connectivity index (χ3n) is 8.74. The van der Waals surface area contributed by atoms with Gasteiger partial charge in [-0.05, 0) is 77.6 Å². The normalized spacial score (nSPS) is 14.1. The molecule has 0 radical (unpaired) electrons. The summed E-state index contributed by atoms with van der Waals surface area (Å²) in [5.74, 6) is 2.43. The monoisotopic (exact) mass is 529 g/mol. The van der Waals surface area contributed by atoms with Gasteiger partial charge < -0.3 is 9.62 Å². The zero-order valence-electron chi connectivity index (χ0n) is 25.5. The van der Waals surface area contributed by atoms with Gasteiger partial charge in [0, 0.05) is 11.4 Å². The molecule has 0 N–H and O–H groups in total. The van der Waals surface area contributed by atoms with Crippen LogP contribution in [0, 0.1) is 13.8 Å². The zero-order valence-corrected chi connectivity index (χ0v) is 25.5. The SMILES string of the molecule is Cc1cccc(C(C)C)c1N1B2N(c3c(C(C)C)cccc3C(C)C)c3cccc(C)c3N2c2c1ccc[n+]2C. The molecule has 0 saturated heterocycles. The minimum Gasteiger partial charge on any atom is -0.318 e. The number of hydrogen-bond acceptors (Lipinski definition) is 3. The number of benzene rings is 3. The highest BCUT2D eigenvalue weighted by molar-refractivity contribution is 6.80. The van der Waals surface area contributed by atoms with Crippen LogP contribution < -0.4 is 19.0 Å². The van der Waals surface area contributed by atoms with Crippen molar-refractivity contribution < 1.29 is 4.57 Å². The molecular formula is C35H42BN4+. The van der Waals surface area contributed by atoms with Crippen LogP contribution in [0.4, 0.5) is 34.3 Å². The van der Waals surface area contributed by atoms with Crippen LogP contribution in [0.15, 0.2) is 72.9 Å². The first-order valence-electron chi connectivity index (χ1n) is 14.8. The molecule has 0 atom stereocenters. The molecule has 4 aromatic rings. The van der Waals surface area contributed by atoms with E-state index in [4.69, 9.17) is 0 Å². The first-order chi connectivity index (χ1) is 19.1. The summed E-state index contributed by atoms with van der Waals surface area (Å²) in [5, 5.41) is 0. The fraction of sp³-hybridized carbons (Fsp3) is 0.343. The van der Waals surface area contributed by atoms with E-state index in [0.29, 0.717) is 17.8 Å². The third-order valence-corrected chi connectivity index (χ3v) is 8.74. The summed E-state index contributed by atoms with van der Waals surface area (Å²) < 4.78 is 2.30. The van der Waals surface area contributed by atoms with Crippen molar-refractivity contribution in [3.8, 4) is 0 Å². The zero-order chi connectivity index (χ0) is 28.5. The second-order valence-corrected chi connectivity index (χ2v) is 12.5. The maximum absolute atomic E-state index is 2.66. The van der Waals surface area contributed by atoms with Crippen LogP contribution in [-0.2, 0) is 7.05 Å². The molecule has 4 nitrogen and oxygen atoms in total. The molecule has 3 aromatic carbocycles. The van der Waals surface area contributed by atoms with Crippen molar-refractivity contribution in [2.75, 3.05) is 14.4 Å². The Morgan fingerprint density at radius 1 is 0.550 bits per heavy atom. The molecule has 1 aromatic heterocycles. The number of anilines is 6. The smallest absolute Gasteiger partial charge is 0.318 e.